The molecule has 0 saturated carbocycles. The Balaban J connectivity index is 1.96. The van der Waals surface area contributed by atoms with Gasteiger partial charge in [0, 0.05) is 12.4 Å². The van der Waals surface area contributed by atoms with Crippen LogP contribution >= 0.6 is 12.2 Å². The number of nitrogens with one attached hydrogen (secondary N) is 2. The molecule has 8 nitrogen and oxygen atoms in total. The highest BCUT2D eigenvalue weighted by Crippen LogP contribution is 2.24. The number of aromatic amines is 1. The van der Waals surface area contributed by atoms with E-state index < -0.39 is 11.9 Å². The molecule has 0 bridgehead atoms. The Morgan fingerprint density at radius 1 is 1.52 bits per heavy atom. The molecule has 0 aliphatic rings. The predicted molar refractivity (Wildman–Crippen MR) is 89.2 cm³/mol. The summed E-state index contributed by atoms with van der Waals surface area (Å²) in [4.78, 5) is 3.87. The van der Waals surface area contributed by atoms with Gasteiger partial charge in [-0.3, -0.25) is 5.10 Å². The van der Waals surface area contributed by atoms with Crippen molar-refractivity contribution < 1.29 is 9.13 Å². The van der Waals surface area contributed by atoms with E-state index in [0.717, 1.165) is 0 Å². The van der Waals surface area contributed by atoms with Gasteiger partial charge in [-0.05, 0) is 29.9 Å². The Morgan fingerprint density at radius 2 is 2.36 bits per heavy atom. The molecule has 3 aromatic rings. The first-order valence-corrected chi connectivity index (χ1v) is 7.48. The Morgan fingerprint density at radius 3 is 2.96 bits per heavy atom. The molecule has 2 N–H and O–H groups in total. The molecule has 0 saturated heterocycles. The minimum atomic E-state index is -0.535. The summed E-state index contributed by atoms with van der Waals surface area (Å²) in [5.74, 6) is -0.488. The number of imidazole rings is 1. The van der Waals surface area contributed by atoms with Gasteiger partial charge in [0.25, 0.3) is 5.17 Å². The first-order valence-electron chi connectivity index (χ1n) is 7.07. The highest BCUT2D eigenvalue weighted by atomic mass is 32.1. The molecule has 10 heteroatoms. The number of H-pyrrole nitrogens is 1. The van der Waals surface area contributed by atoms with Crippen molar-refractivity contribution in [1.29, 1.82) is 5.26 Å². The molecule has 1 aromatic carbocycles. The quantitative estimate of drug-likeness (QED) is 0.684. The standard InChI is InChI=1S/C15H12FN7OS/c1-24-15(25)20-14(12-6-19-22-21-12)9-2-3-13(11(16)4-9)23-7-10(5-17)18-8-23/h2-4,6-8,14H,1H3,(H,20,25)(H,19,21,22). The number of ether oxygens (including phenoxy) is 1. The van der Waals surface area contributed by atoms with Crippen molar-refractivity contribution in [2.24, 2.45) is 0 Å². The molecule has 2 aromatic heterocycles. The fourth-order valence-electron chi connectivity index (χ4n) is 2.28. The van der Waals surface area contributed by atoms with E-state index in [0.29, 0.717) is 11.3 Å². The van der Waals surface area contributed by atoms with Crippen molar-refractivity contribution >= 4 is 17.4 Å². The Kier molecular flexibility index (Phi) is 4.67. The molecule has 3 rings (SSSR count). The maximum atomic E-state index is 14.6. The lowest BCUT2D eigenvalue weighted by Crippen LogP contribution is -2.29. The van der Waals surface area contributed by atoms with Gasteiger partial charge in [-0.2, -0.15) is 5.26 Å². The second-order valence-corrected chi connectivity index (χ2v) is 5.33. The summed E-state index contributed by atoms with van der Waals surface area (Å²) >= 11 is 5.03. The summed E-state index contributed by atoms with van der Waals surface area (Å²) in [7, 11) is 1.44. The van der Waals surface area contributed by atoms with Crippen LogP contribution < -0.4 is 5.32 Å². The van der Waals surface area contributed by atoms with E-state index in [9.17, 15) is 4.39 Å². The van der Waals surface area contributed by atoms with E-state index in [-0.39, 0.29) is 16.6 Å². The third-order valence-electron chi connectivity index (χ3n) is 3.46. The van der Waals surface area contributed by atoms with Crippen LogP contribution in [0.4, 0.5) is 4.39 Å². The van der Waals surface area contributed by atoms with Crippen LogP contribution in [0.2, 0.25) is 0 Å². The largest absolute Gasteiger partial charge is 0.474 e. The lowest BCUT2D eigenvalue weighted by atomic mass is 10.0. The summed E-state index contributed by atoms with van der Waals surface area (Å²) in [6.45, 7) is 0. The van der Waals surface area contributed by atoms with Gasteiger partial charge in [0.15, 0.2) is 5.69 Å². The van der Waals surface area contributed by atoms with E-state index >= 15 is 0 Å². The second kappa shape index (κ2) is 7.06. The fourth-order valence-corrected chi connectivity index (χ4v) is 2.40. The number of halogens is 1. The topological polar surface area (TPSA) is 104 Å². The molecule has 25 heavy (non-hydrogen) atoms. The smallest absolute Gasteiger partial charge is 0.257 e. The van der Waals surface area contributed by atoms with Crippen LogP contribution in [-0.4, -0.2) is 37.2 Å². The molecule has 1 atom stereocenters. The van der Waals surface area contributed by atoms with Crippen LogP contribution in [0.1, 0.15) is 23.0 Å². The van der Waals surface area contributed by atoms with Gasteiger partial charge in [0.1, 0.15) is 29.9 Å². The van der Waals surface area contributed by atoms with Crippen molar-refractivity contribution in [2.45, 2.75) is 6.04 Å². The van der Waals surface area contributed by atoms with Crippen LogP contribution in [0.15, 0.2) is 36.9 Å². The summed E-state index contributed by atoms with van der Waals surface area (Å²) in [6.07, 6.45) is 4.41. The zero-order valence-corrected chi connectivity index (χ0v) is 13.8. The average Bonchev–Trinajstić information content (AvgIpc) is 3.30. The van der Waals surface area contributed by atoms with Crippen molar-refractivity contribution in [2.75, 3.05) is 7.11 Å². The van der Waals surface area contributed by atoms with Crippen LogP contribution in [0.5, 0.6) is 0 Å². The monoisotopic (exact) mass is 357 g/mol. The Hall–Kier alpha value is -3.32. The summed E-state index contributed by atoms with van der Waals surface area (Å²) in [5.41, 5.74) is 1.58. The zero-order chi connectivity index (χ0) is 17.8. The number of methoxy groups -OCH3 is 1. The first-order chi connectivity index (χ1) is 12.1. The molecule has 0 spiro atoms. The highest BCUT2D eigenvalue weighted by Gasteiger charge is 2.20. The van der Waals surface area contributed by atoms with E-state index in [2.05, 4.69) is 25.7 Å². The molecular formula is C15H12FN7OS. The fraction of sp³-hybridized carbons (Fsp3) is 0.133. The van der Waals surface area contributed by atoms with Crippen LogP contribution in [-0.2, 0) is 4.74 Å². The van der Waals surface area contributed by atoms with Gasteiger partial charge in [0.2, 0.25) is 0 Å². The number of nitriles is 1. The molecule has 0 amide bonds. The van der Waals surface area contributed by atoms with E-state index in [4.69, 9.17) is 22.2 Å². The van der Waals surface area contributed by atoms with Crippen molar-refractivity contribution in [3.05, 3.63) is 59.7 Å². The third-order valence-corrected chi connectivity index (χ3v) is 3.74. The molecule has 1 unspecified atom stereocenters. The van der Waals surface area contributed by atoms with E-state index in [1.165, 1.54) is 30.3 Å². The molecular weight excluding hydrogens is 345 g/mol. The van der Waals surface area contributed by atoms with Gasteiger partial charge < -0.3 is 14.6 Å². The van der Waals surface area contributed by atoms with Crippen LogP contribution in [0, 0.1) is 17.1 Å². The lowest BCUT2D eigenvalue weighted by molar-refractivity contribution is 0.387. The number of aromatic nitrogens is 5. The highest BCUT2D eigenvalue weighted by molar-refractivity contribution is 7.80. The first kappa shape index (κ1) is 16.5. The third kappa shape index (κ3) is 3.46. The minimum Gasteiger partial charge on any atom is -0.474 e. The number of thiocarbonyl (C=S) groups is 1. The molecule has 0 aliphatic heterocycles. The van der Waals surface area contributed by atoms with Gasteiger partial charge in [0.05, 0.1) is 12.8 Å². The Labute approximate surface area is 147 Å². The summed E-state index contributed by atoms with van der Waals surface area (Å²) in [6, 6.07) is 6.02. The molecule has 126 valence electrons. The maximum absolute atomic E-state index is 14.6. The van der Waals surface area contributed by atoms with Crippen LogP contribution in [0.3, 0.4) is 0 Å². The number of benzene rings is 1. The number of nitrogens with zero attached hydrogens (tertiary/aromatic N) is 5. The van der Waals surface area contributed by atoms with Gasteiger partial charge in [-0.1, -0.05) is 11.3 Å². The van der Waals surface area contributed by atoms with E-state index in [1.54, 1.807) is 18.3 Å². The number of hydrogen-bond acceptors (Lipinski definition) is 6. The predicted octanol–water partition coefficient (Wildman–Crippen LogP) is 1.61. The summed E-state index contributed by atoms with van der Waals surface area (Å²) in [5, 5.41) is 22.1. The van der Waals surface area contributed by atoms with E-state index in [1.807, 2.05) is 6.07 Å². The lowest BCUT2D eigenvalue weighted by Gasteiger charge is -2.18. The molecule has 0 aliphatic carbocycles. The molecule has 0 radical (unpaired) electrons. The van der Waals surface area contributed by atoms with Crippen molar-refractivity contribution in [1.82, 2.24) is 30.3 Å². The maximum Gasteiger partial charge on any atom is 0.257 e. The Bertz CT molecular complexity index is 932. The van der Waals surface area contributed by atoms with Gasteiger partial charge >= 0.3 is 0 Å². The van der Waals surface area contributed by atoms with Gasteiger partial charge in [-0.15, -0.1) is 5.10 Å². The SMILES string of the molecule is COC(=S)NC(c1ccc(-n2cnc(C#N)c2)c(F)c1)c1c[nH]nn1. The van der Waals surface area contributed by atoms with Gasteiger partial charge in [-0.25, -0.2) is 9.37 Å². The number of hydrogen-bond donors (Lipinski definition) is 2. The van der Waals surface area contributed by atoms with Crippen molar-refractivity contribution in [3.63, 3.8) is 0 Å². The van der Waals surface area contributed by atoms with Crippen LogP contribution in [0.25, 0.3) is 5.69 Å². The minimum absolute atomic E-state index is 0.144. The average molecular weight is 357 g/mol. The molecule has 2 heterocycles. The summed E-state index contributed by atoms with van der Waals surface area (Å²) < 4.78 is 21.0. The normalized spacial score (nSPS) is 11.6. The molecule has 0 fully saturated rings. The zero-order valence-electron chi connectivity index (χ0n) is 13.0. The second-order valence-electron chi connectivity index (χ2n) is 4.96. The number of rotatable bonds is 4. The van der Waals surface area contributed by atoms with Crippen molar-refractivity contribution in [3.8, 4) is 11.8 Å².